The molecule has 5 rings (SSSR count). The number of anilines is 2. The highest BCUT2D eigenvalue weighted by atomic mass is 35.5. The van der Waals surface area contributed by atoms with Crippen LogP contribution in [0.3, 0.4) is 0 Å². The van der Waals surface area contributed by atoms with Gasteiger partial charge in [-0.15, -0.1) is 0 Å². The van der Waals surface area contributed by atoms with Crippen molar-refractivity contribution < 1.29 is 23.1 Å². The second-order valence-corrected chi connectivity index (χ2v) is 12.2. The van der Waals surface area contributed by atoms with Gasteiger partial charge in [-0.05, 0) is 54.9 Å². The van der Waals surface area contributed by atoms with E-state index in [-0.39, 0.29) is 41.4 Å². The van der Waals surface area contributed by atoms with Gasteiger partial charge in [0, 0.05) is 10.9 Å². The van der Waals surface area contributed by atoms with Crippen LogP contribution in [-0.4, -0.2) is 43.7 Å². The average Bonchev–Trinajstić information content (AvgIpc) is 3.45. The molecule has 3 aliphatic rings. The van der Waals surface area contributed by atoms with Crippen LogP contribution in [0.2, 0.25) is 5.02 Å². The fraction of sp³-hybridized carbons (Fsp3) is 0.520. The highest BCUT2D eigenvalue weighted by Crippen LogP contribution is 2.49. The van der Waals surface area contributed by atoms with Crippen molar-refractivity contribution in [2.75, 3.05) is 22.8 Å². The van der Waals surface area contributed by atoms with Gasteiger partial charge in [0.1, 0.15) is 11.8 Å². The van der Waals surface area contributed by atoms with E-state index in [1.165, 1.54) is 37.6 Å². The Hall–Kier alpha value is -2.36. The molecule has 10 heteroatoms. The summed E-state index contributed by atoms with van der Waals surface area (Å²) in [7, 11) is -4.02. The molecular formula is C25H30ClN3O5S. The van der Waals surface area contributed by atoms with E-state index in [1.807, 2.05) is 6.92 Å². The Morgan fingerprint density at radius 3 is 2.71 bits per heavy atom. The first-order chi connectivity index (χ1) is 16.8. The normalized spacial score (nSPS) is 26.5. The summed E-state index contributed by atoms with van der Waals surface area (Å²) in [5.41, 5.74) is 0.603. The van der Waals surface area contributed by atoms with E-state index in [9.17, 15) is 18.3 Å². The predicted octanol–water partition coefficient (Wildman–Crippen LogP) is 4.08. The highest BCUT2D eigenvalue weighted by molar-refractivity contribution is 7.92. The van der Waals surface area contributed by atoms with Gasteiger partial charge < -0.3 is 15.2 Å². The van der Waals surface area contributed by atoms with Gasteiger partial charge in [0.2, 0.25) is 11.8 Å². The van der Waals surface area contributed by atoms with Crippen molar-refractivity contribution in [1.82, 2.24) is 4.98 Å². The fourth-order valence-corrected chi connectivity index (χ4v) is 7.61. The minimum Gasteiger partial charge on any atom is -0.468 e. The zero-order valence-corrected chi connectivity index (χ0v) is 21.1. The first-order valence-corrected chi connectivity index (χ1v) is 13.9. The summed E-state index contributed by atoms with van der Waals surface area (Å²) in [5, 5.41) is 12.9. The molecule has 1 aliphatic heterocycles. The SMILES string of the molecule is C[C@H](C(=O)Nc1cnc2c(c1)N(S(=O)(=O)c1cccc(Cl)c1)C[C@H](CO)O2)C1C[C@H]2CCC[C@H]2C1. The summed E-state index contributed by atoms with van der Waals surface area (Å²) in [6, 6.07) is 7.55. The summed E-state index contributed by atoms with van der Waals surface area (Å²) in [6.07, 6.45) is 6.74. The zero-order valence-electron chi connectivity index (χ0n) is 19.6. The first-order valence-electron chi connectivity index (χ1n) is 12.1. The number of carbonyl (C=O) groups is 1. The number of nitrogens with zero attached hydrogens (tertiary/aromatic N) is 2. The largest absolute Gasteiger partial charge is 0.468 e. The lowest BCUT2D eigenvalue weighted by Gasteiger charge is -2.34. The fourth-order valence-electron chi connectivity index (χ4n) is 5.82. The Labute approximate surface area is 210 Å². The van der Waals surface area contributed by atoms with Crippen LogP contribution >= 0.6 is 11.6 Å². The van der Waals surface area contributed by atoms with E-state index >= 15 is 0 Å². The molecule has 5 atom stereocenters. The van der Waals surface area contributed by atoms with Gasteiger partial charge in [-0.1, -0.05) is 43.9 Å². The molecule has 2 aliphatic carbocycles. The van der Waals surface area contributed by atoms with E-state index < -0.39 is 16.1 Å². The van der Waals surface area contributed by atoms with Crippen LogP contribution in [0.1, 0.15) is 39.0 Å². The van der Waals surface area contributed by atoms with E-state index in [2.05, 4.69) is 10.3 Å². The molecular weight excluding hydrogens is 490 g/mol. The van der Waals surface area contributed by atoms with E-state index in [0.717, 1.165) is 29.0 Å². The Bertz CT molecular complexity index is 1210. The number of hydrogen-bond donors (Lipinski definition) is 2. The molecule has 2 heterocycles. The molecule has 2 saturated carbocycles. The van der Waals surface area contributed by atoms with Gasteiger partial charge in [-0.2, -0.15) is 0 Å². The van der Waals surface area contributed by atoms with Gasteiger partial charge in [0.05, 0.1) is 29.9 Å². The number of pyridine rings is 1. The number of nitrogens with one attached hydrogen (secondary N) is 1. The van der Waals surface area contributed by atoms with Crippen molar-refractivity contribution in [2.45, 2.75) is 50.0 Å². The summed E-state index contributed by atoms with van der Waals surface area (Å²) in [4.78, 5) is 17.4. The molecule has 1 unspecified atom stereocenters. The molecule has 2 fully saturated rings. The lowest BCUT2D eigenvalue weighted by atomic mass is 9.89. The van der Waals surface area contributed by atoms with Crippen molar-refractivity contribution in [1.29, 1.82) is 0 Å². The third-order valence-corrected chi connectivity index (χ3v) is 9.76. The molecule has 0 spiro atoms. The Kier molecular flexibility index (Phi) is 6.67. The van der Waals surface area contributed by atoms with Crippen LogP contribution in [0.15, 0.2) is 41.4 Å². The molecule has 2 aromatic rings. The van der Waals surface area contributed by atoms with Crippen molar-refractivity contribution >= 4 is 38.9 Å². The maximum Gasteiger partial charge on any atom is 0.264 e. The number of aromatic nitrogens is 1. The molecule has 2 N–H and O–H groups in total. The van der Waals surface area contributed by atoms with Crippen LogP contribution in [0.5, 0.6) is 5.88 Å². The Balaban J connectivity index is 1.39. The van der Waals surface area contributed by atoms with Gasteiger partial charge >= 0.3 is 0 Å². The number of ether oxygens (including phenoxy) is 1. The minimum atomic E-state index is -4.02. The topological polar surface area (TPSA) is 109 Å². The first kappa shape index (κ1) is 24.3. The maximum atomic E-state index is 13.5. The number of aliphatic hydroxyl groups is 1. The van der Waals surface area contributed by atoms with E-state index in [1.54, 1.807) is 18.2 Å². The average molecular weight is 520 g/mol. The van der Waals surface area contributed by atoms with Crippen molar-refractivity contribution in [2.24, 2.45) is 23.7 Å². The number of hydrogen-bond acceptors (Lipinski definition) is 6. The summed E-state index contributed by atoms with van der Waals surface area (Å²) in [5.74, 6) is 1.72. The number of amides is 1. The number of rotatable bonds is 6. The second-order valence-electron chi connectivity index (χ2n) is 9.92. The van der Waals surface area contributed by atoms with Gasteiger partial charge in [-0.25, -0.2) is 13.4 Å². The third-order valence-electron chi connectivity index (χ3n) is 7.75. The lowest BCUT2D eigenvalue weighted by molar-refractivity contribution is -0.120. The van der Waals surface area contributed by atoms with Crippen LogP contribution in [0.4, 0.5) is 11.4 Å². The molecule has 0 bridgehead atoms. The predicted molar refractivity (Wildman–Crippen MR) is 133 cm³/mol. The van der Waals surface area contributed by atoms with Crippen molar-refractivity contribution in [3.63, 3.8) is 0 Å². The van der Waals surface area contributed by atoms with Gasteiger partial charge in [0.25, 0.3) is 10.0 Å². The van der Waals surface area contributed by atoms with Crippen LogP contribution in [-0.2, 0) is 14.8 Å². The smallest absolute Gasteiger partial charge is 0.264 e. The molecule has 188 valence electrons. The summed E-state index contributed by atoms with van der Waals surface area (Å²) in [6.45, 7) is 1.50. The number of carbonyl (C=O) groups excluding carboxylic acids is 1. The summed E-state index contributed by atoms with van der Waals surface area (Å²) < 4.78 is 33.8. The zero-order chi connectivity index (χ0) is 24.7. The summed E-state index contributed by atoms with van der Waals surface area (Å²) >= 11 is 6.04. The van der Waals surface area contributed by atoms with Gasteiger partial charge in [-0.3, -0.25) is 9.10 Å². The van der Waals surface area contributed by atoms with Crippen LogP contribution in [0.25, 0.3) is 0 Å². The molecule has 1 amide bonds. The standard InChI is InChI=1S/C25H30ClN3O5S/c1-15(18-8-16-4-2-5-17(16)9-18)24(31)28-20-11-23-25(27-12-20)34-21(14-30)13-29(23)35(32,33)22-7-3-6-19(26)10-22/h3,6-7,10-12,15-18,21,30H,2,4-5,8-9,13-14H2,1H3,(H,28,31)/t15-,16-,17+,18?,21+/m0/s1. The van der Waals surface area contributed by atoms with Crippen LogP contribution in [0, 0.1) is 23.7 Å². The van der Waals surface area contributed by atoms with E-state index in [0.29, 0.717) is 16.6 Å². The Morgan fingerprint density at radius 2 is 2.03 bits per heavy atom. The molecule has 8 nitrogen and oxygen atoms in total. The minimum absolute atomic E-state index is 0.0179. The number of benzene rings is 1. The van der Waals surface area contributed by atoms with Crippen molar-refractivity contribution in [3.05, 3.63) is 41.6 Å². The van der Waals surface area contributed by atoms with Gasteiger partial charge in [0.15, 0.2) is 0 Å². The number of sulfonamides is 1. The third kappa shape index (κ3) is 4.73. The monoisotopic (exact) mass is 519 g/mol. The highest BCUT2D eigenvalue weighted by Gasteiger charge is 2.41. The molecule has 0 radical (unpaired) electrons. The number of halogens is 1. The quantitative estimate of drug-likeness (QED) is 0.595. The number of aliphatic hydroxyl groups excluding tert-OH is 1. The Morgan fingerprint density at radius 1 is 1.29 bits per heavy atom. The molecule has 1 aromatic carbocycles. The van der Waals surface area contributed by atoms with E-state index in [4.69, 9.17) is 16.3 Å². The maximum absolute atomic E-state index is 13.5. The van der Waals surface area contributed by atoms with Crippen LogP contribution < -0.4 is 14.4 Å². The molecule has 1 aromatic heterocycles. The second kappa shape index (κ2) is 9.59. The molecule has 0 saturated heterocycles. The lowest BCUT2D eigenvalue weighted by Crippen LogP contribution is -2.45. The van der Waals surface area contributed by atoms with Crippen molar-refractivity contribution in [3.8, 4) is 5.88 Å². The number of fused-ring (bicyclic) bond motifs is 2. The molecule has 35 heavy (non-hydrogen) atoms.